The van der Waals surface area contributed by atoms with Gasteiger partial charge in [-0.05, 0) is 31.1 Å². The minimum absolute atomic E-state index is 0.0880. The van der Waals surface area contributed by atoms with Crippen molar-refractivity contribution in [2.75, 3.05) is 6.54 Å². The summed E-state index contributed by atoms with van der Waals surface area (Å²) in [5, 5.41) is 10.6. The second kappa shape index (κ2) is 2.96. The molecule has 0 aromatic carbocycles. The van der Waals surface area contributed by atoms with Crippen molar-refractivity contribution in [2.24, 2.45) is 17.3 Å². The molecule has 2 rings (SSSR count). The van der Waals surface area contributed by atoms with Gasteiger partial charge in [0.2, 0.25) is 6.54 Å². The molecule has 0 aromatic heterocycles. The number of fused-ring (bicyclic) bond motifs is 1. The Morgan fingerprint density at radius 1 is 1.54 bits per heavy atom. The minimum atomic E-state index is -0.113. The van der Waals surface area contributed by atoms with Crippen LogP contribution in [0.4, 0.5) is 0 Å². The fourth-order valence-electron chi connectivity index (χ4n) is 3.56. The van der Waals surface area contributed by atoms with Crippen molar-refractivity contribution in [1.82, 2.24) is 0 Å². The normalized spacial score (nSPS) is 42.5. The Bertz CT molecular complexity index is 229. The van der Waals surface area contributed by atoms with Gasteiger partial charge in [-0.2, -0.15) is 0 Å². The smallest absolute Gasteiger partial charge is 0.209 e. The summed E-state index contributed by atoms with van der Waals surface area (Å²) in [5.41, 5.74) is 0.0880. The molecule has 0 radical (unpaired) electrons. The van der Waals surface area contributed by atoms with Gasteiger partial charge in [0.25, 0.3) is 0 Å². The van der Waals surface area contributed by atoms with Crippen LogP contribution in [-0.4, -0.2) is 11.5 Å². The lowest BCUT2D eigenvalue weighted by atomic mass is 9.54. The van der Waals surface area contributed by atoms with Crippen molar-refractivity contribution in [1.29, 1.82) is 0 Å². The average molecular weight is 183 g/mol. The third-order valence-electron chi connectivity index (χ3n) is 4.26. The van der Waals surface area contributed by atoms with E-state index in [0.29, 0.717) is 5.92 Å². The van der Waals surface area contributed by atoms with Crippen molar-refractivity contribution in [3.63, 3.8) is 0 Å². The summed E-state index contributed by atoms with van der Waals surface area (Å²) in [6.07, 6.45) is 5.98. The van der Waals surface area contributed by atoms with Crippen LogP contribution in [0.1, 0.15) is 39.0 Å². The molecule has 74 valence electrons. The number of nitro groups is 1. The van der Waals surface area contributed by atoms with E-state index in [1.165, 1.54) is 19.3 Å². The Kier molecular flexibility index (Phi) is 2.05. The predicted molar refractivity (Wildman–Crippen MR) is 50.0 cm³/mol. The van der Waals surface area contributed by atoms with Crippen molar-refractivity contribution in [3.05, 3.63) is 10.1 Å². The topological polar surface area (TPSA) is 43.1 Å². The minimum Gasteiger partial charge on any atom is -0.265 e. The Morgan fingerprint density at radius 2 is 2.31 bits per heavy atom. The molecule has 3 nitrogen and oxygen atoms in total. The van der Waals surface area contributed by atoms with Gasteiger partial charge in [0.15, 0.2) is 0 Å². The standard InChI is InChI=1S/C10H17NO2/c1-2-10(7-11(12)13)6-8-4-3-5-9(8)10/h8-9H,2-7H2,1H3. The summed E-state index contributed by atoms with van der Waals surface area (Å²) in [6.45, 7) is 2.32. The molecule has 2 aliphatic rings. The molecule has 3 unspecified atom stereocenters. The van der Waals surface area contributed by atoms with Crippen LogP contribution in [0, 0.1) is 27.4 Å². The second-order valence-electron chi connectivity index (χ2n) is 4.71. The van der Waals surface area contributed by atoms with Gasteiger partial charge >= 0.3 is 0 Å². The summed E-state index contributed by atoms with van der Waals surface area (Å²) in [5.74, 6) is 1.52. The van der Waals surface area contributed by atoms with E-state index in [1.807, 2.05) is 0 Å². The number of rotatable bonds is 3. The van der Waals surface area contributed by atoms with Crippen molar-refractivity contribution in [3.8, 4) is 0 Å². The molecule has 0 N–H and O–H groups in total. The van der Waals surface area contributed by atoms with Gasteiger partial charge in [-0.15, -0.1) is 0 Å². The lowest BCUT2D eigenvalue weighted by Gasteiger charge is -2.49. The third kappa shape index (κ3) is 1.25. The quantitative estimate of drug-likeness (QED) is 0.498. The lowest BCUT2D eigenvalue weighted by molar-refractivity contribution is -0.507. The van der Waals surface area contributed by atoms with E-state index in [9.17, 15) is 10.1 Å². The molecule has 0 aliphatic heterocycles. The molecule has 0 amide bonds. The summed E-state index contributed by atoms with van der Waals surface area (Å²) in [6, 6.07) is 0. The van der Waals surface area contributed by atoms with Crippen molar-refractivity contribution >= 4 is 0 Å². The number of nitrogens with zero attached hydrogens (tertiary/aromatic N) is 1. The van der Waals surface area contributed by atoms with Gasteiger partial charge in [-0.3, -0.25) is 10.1 Å². The van der Waals surface area contributed by atoms with Crippen LogP contribution in [0.5, 0.6) is 0 Å². The largest absolute Gasteiger partial charge is 0.265 e. The molecule has 2 saturated carbocycles. The zero-order valence-electron chi connectivity index (χ0n) is 8.16. The van der Waals surface area contributed by atoms with E-state index >= 15 is 0 Å². The highest BCUT2D eigenvalue weighted by Crippen LogP contribution is 2.60. The van der Waals surface area contributed by atoms with Crippen LogP contribution < -0.4 is 0 Å². The molecule has 3 atom stereocenters. The van der Waals surface area contributed by atoms with E-state index in [-0.39, 0.29) is 16.9 Å². The molecule has 0 heterocycles. The summed E-state index contributed by atoms with van der Waals surface area (Å²) in [7, 11) is 0. The zero-order chi connectivity index (χ0) is 9.47. The molecule has 0 aromatic rings. The molecule has 13 heavy (non-hydrogen) atoms. The number of hydrogen-bond acceptors (Lipinski definition) is 2. The molecular weight excluding hydrogens is 166 g/mol. The maximum Gasteiger partial charge on any atom is 0.209 e. The molecule has 2 fully saturated rings. The fourth-order valence-corrected chi connectivity index (χ4v) is 3.56. The Labute approximate surface area is 78.7 Å². The molecule has 2 aliphatic carbocycles. The highest BCUT2D eigenvalue weighted by atomic mass is 16.6. The highest BCUT2D eigenvalue weighted by Gasteiger charge is 2.56. The highest BCUT2D eigenvalue weighted by molar-refractivity contribution is 5.03. The van der Waals surface area contributed by atoms with Gasteiger partial charge in [0.05, 0.1) is 0 Å². The SMILES string of the molecule is CCC1(C[N+](=O)[O-])CC2CCCC21. The fraction of sp³-hybridized carbons (Fsp3) is 1.00. The van der Waals surface area contributed by atoms with Crippen LogP contribution in [-0.2, 0) is 0 Å². The predicted octanol–water partition coefficient (Wildman–Crippen LogP) is 2.48. The van der Waals surface area contributed by atoms with Crippen LogP contribution >= 0.6 is 0 Å². The Morgan fingerprint density at radius 3 is 2.85 bits per heavy atom. The average Bonchev–Trinajstić information content (AvgIpc) is 2.43. The molecular formula is C10H17NO2. The van der Waals surface area contributed by atoms with Gasteiger partial charge in [0.1, 0.15) is 0 Å². The monoisotopic (exact) mass is 183 g/mol. The first-order valence-corrected chi connectivity index (χ1v) is 5.30. The second-order valence-corrected chi connectivity index (χ2v) is 4.71. The lowest BCUT2D eigenvalue weighted by Crippen LogP contribution is -2.49. The van der Waals surface area contributed by atoms with E-state index in [0.717, 1.165) is 18.8 Å². The first-order valence-electron chi connectivity index (χ1n) is 5.30. The van der Waals surface area contributed by atoms with Gasteiger partial charge in [0, 0.05) is 10.3 Å². The zero-order valence-corrected chi connectivity index (χ0v) is 8.16. The maximum absolute atomic E-state index is 10.6. The van der Waals surface area contributed by atoms with E-state index in [1.54, 1.807) is 0 Å². The van der Waals surface area contributed by atoms with E-state index < -0.39 is 0 Å². The van der Waals surface area contributed by atoms with Crippen LogP contribution in [0.2, 0.25) is 0 Å². The van der Waals surface area contributed by atoms with Crippen molar-refractivity contribution in [2.45, 2.75) is 39.0 Å². The third-order valence-corrected chi connectivity index (χ3v) is 4.26. The van der Waals surface area contributed by atoms with Crippen LogP contribution in [0.3, 0.4) is 0 Å². The van der Waals surface area contributed by atoms with Crippen molar-refractivity contribution < 1.29 is 4.92 Å². The van der Waals surface area contributed by atoms with Gasteiger partial charge < -0.3 is 0 Å². The van der Waals surface area contributed by atoms with Gasteiger partial charge in [-0.1, -0.05) is 19.8 Å². The summed E-state index contributed by atoms with van der Waals surface area (Å²) < 4.78 is 0. The van der Waals surface area contributed by atoms with E-state index in [4.69, 9.17) is 0 Å². The summed E-state index contributed by atoms with van der Waals surface area (Å²) in [4.78, 5) is 10.4. The summed E-state index contributed by atoms with van der Waals surface area (Å²) >= 11 is 0. The molecule has 3 heteroatoms. The Hall–Kier alpha value is -0.600. The van der Waals surface area contributed by atoms with E-state index in [2.05, 4.69) is 6.92 Å². The van der Waals surface area contributed by atoms with Crippen LogP contribution in [0.25, 0.3) is 0 Å². The molecule has 0 bridgehead atoms. The first-order chi connectivity index (χ1) is 6.18. The van der Waals surface area contributed by atoms with Gasteiger partial charge in [-0.25, -0.2) is 0 Å². The molecule has 0 spiro atoms. The first kappa shape index (κ1) is 8.97. The number of hydrogen-bond donors (Lipinski definition) is 0. The molecule has 0 saturated heterocycles. The van der Waals surface area contributed by atoms with Crippen LogP contribution in [0.15, 0.2) is 0 Å². The maximum atomic E-state index is 10.6. The Balaban J connectivity index is 2.05.